The third kappa shape index (κ3) is 5.23. The van der Waals surface area contributed by atoms with Crippen LogP contribution in [0.2, 0.25) is 0 Å². The summed E-state index contributed by atoms with van der Waals surface area (Å²) in [5.41, 5.74) is -0.344. The second kappa shape index (κ2) is 10.1. The summed E-state index contributed by atoms with van der Waals surface area (Å²) in [6, 6.07) is 11.2. The number of nitrogens with one attached hydrogen (secondary N) is 1. The number of piperidine rings is 1. The number of benzene rings is 2. The standard InChI is InChI=1S/C28H32F4N4O/c1-19-17-27(13-14-35(19)18-20-7-5-8-21(15-20)28(30,31)32)25(33-23-10-3-2-4-11-23)34-26(37)36(27)24-12-6-9-22(29)16-24/h5-9,12,15-16,19,23H,2-4,10-11,13-14,17-18H2,1H3,(H,33,34,37)/t19-,27+/m0/s1. The summed E-state index contributed by atoms with van der Waals surface area (Å²) in [7, 11) is 0. The van der Waals surface area contributed by atoms with Crippen LogP contribution >= 0.6 is 0 Å². The molecule has 198 valence electrons. The molecule has 2 aromatic rings. The second-order valence-electron chi connectivity index (χ2n) is 10.5. The molecule has 3 aliphatic rings. The van der Waals surface area contributed by atoms with Crippen molar-refractivity contribution in [1.82, 2.24) is 10.2 Å². The Morgan fingerprint density at radius 1 is 1.08 bits per heavy atom. The predicted molar refractivity (Wildman–Crippen MR) is 135 cm³/mol. The number of hydrogen-bond donors (Lipinski definition) is 1. The van der Waals surface area contributed by atoms with Crippen LogP contribution in [0.4, 0.5) is 28.0 Å². The number of alkyl halides is 3. The van der Waals surface area contributed by atoms with E-state index >= 15 is 0 Å². The molecular formula is C28H32F4N4O. The summed E-state index contributed by atoms with van der Waals surface area (Å²) in [6.07, 6.45) is 2.05. The van der Waals surface area contributed by atoms with Crippen molar-refractivity contribution in [3.8, 4) is 0 Å². The topological polar surface area (TPSA) is 47.9 Å². The smallest absolute Gasteiger partial charge is 0.296 e. The van der Waals surface area contributed by atoms with Gasteiger partial charge in [-0.2, -0.15) is 13.2 Å². The molecule has 2 saturated heterocycles. The maximum Gasteiger partial charge on any atom is 0.416 e. The number of amidine groups is 1. The minimum absolute atomic E-state index is 0.0522. The first kappa shape index (κ1) is 25.7. The Hall–Kier alpha value is -2.94. The third-order valence-electron chi connectivity index (χ3n) is 7.96. The first-order valence-corrected chi connectivity index (χ1v) is 13.0. The molecule has 37 heavy (non-hydrogen) atoms. The van der Waals surface area contributed by atoms with Gasteiger partial charge in [0.25, 0.3) is 0 Å². The van der Waals surface area contributed by atoms with Gasteiger partial charge in [-0.15, -0.1) is 0 Å². The molecule has 0 aromatic heterocycles. The zero-order valence-corrected chi connectivity index (χ0v) is 20.9. The molecule has 0 radical (unpaired) electrons. The van der Waals surface area contributed by atoms with Crippen LogP contribution in [0.25, 0.3) is 0 Å². The fraction of sp³-hybridized carbons (Fsp3) is 0.500. The van der Waals surface area contributed by atoms with Gasteiger partial charge in [-0.05, 0) is 62.4 Å². The van der Waals surface area contributed by atoms with Crippen LogP contribution in [0.3, 0.4) is 0 Å². The fourth-order valence-corrected chi connectivity index (χ4v) is 6.10. The van der Waals surface area contributed by atoms with E-state index in [2.05, 4.69) is 10.2 Å². The summed E-state index contributed by atoms with van der Waals surface area (Å²) >= 11 is 0. The van der Waals surface area contributed by atoms with Gasteiger partial charge in [-0.1, -0.05) is 43.5 Å². The van der Waals surface area contributed by atoms with Crippen molar-refractivity contribution < 1.29 is 22.4 Å². The number of hydrogen-bond acceptors (Lipinski definition) is 3. The minimum atomic E-state index is -4.39. The quantitative estimate of drug-likeness (QED) is 0.470. The second-order valence-corrected chi connectivity index (χ2v) is 10.5. The molecule has 1 saturated carbocycles. The molecule has 1 aliphatic carbocycles. The Balaban J connectivity index is 1.44. The lowest BCUT2D eigenvalue weighted by Gasteiger charge is -2.47. The largest absolute Gasteiger partial charge is 0.416 e. The molecular weight excluding hydrogens is 484 g/mol. The number of amides is 2. The highest BCUT2D eigenvalue weighted by Crippen LogP contribution is 2.41. The van der Waals surface area contributed by atoms with Crippen molar-refractivity contribution in [2.75, 3.05) is 11.4 Å². The average Bonchev–Trinajstić information content (AvgIpc) is 3.11. The van der Waals surface area contributed by atoms with Crippen LogP contribution in [0.15, 0.2) is 53.5 Å². The summed E-state index contributed by atoms with van der Waals surface area (Å²) in [4.78, 5) is 22.2. The van der Waals surface area contributed by atoms with E-state index < -0.39 is 23.1 Å². The number of rotatable bonds is 4. The number of anilines is 1. The summed E-state index contributed by atoms with van der Waals surface area (Å²) < 4.78 is 53.9. The van der Waals surface area contributed by atoms with Crippen LogP contribution in [0.1, 0.15) is 63.0 Å². The van der Waals surface area contributed by atoms with E-state index in [9.17, 15) is 22.4 Å². The Labute approximate surface area is 214 Å². The summed E-state index contributed by atoms with van der Waals surface area (Å²) in [5, 5.41) is 3.01. The lowest BCUT2D eigenvalue weighted by Crippen LogP contribution is -2.59. The molecule has 5 rings (SSSR count). The number of urea groups is 1. The van der Waals surface area contributed by atoms with Crippen molar-refractivity contribution >= 4 is 17.6 Å². The van der Waals surface area contributed by atoms with Gasteiger partial charge < -0.3 is 0 Å². The SMILES string of the molecule is C[C@H]1C[C@]2(CCN1Cc1cccc(C(F)(F)F)c1)C(=NC1CCCCC1)NC(=O)N2c1cccc(F)c1. The van der Waals surface area contributed by atoms with Gasteiger partial charge in [0.05, 0.1) is 11.6 Å². The van der Waals surface area contributed by atoms with Crippen molar-refractivity contribution in [2.24, 2.45) is 4.99 Å². The van der Waals surface area contributed by atoms with Crippen LogP contribution in [-0.2, 0) is 12.7 Å². The number of aliphatic imine (C=N–C) groups is 1. The Bertz CT molecular complexity index is 1180. The van der Waals surface area contributed by atoms with E-state index in [4.69, 9.17) is 4.99 Å². The molecule has 3 fully saturated rings. The Morgan fingerprint density at radius 3 is 2.54 bits per heavy atom. The highest BCUT2D eigenvalue weighted by Gasteiger charge is 2.54. The van der Waals surface area contributed by atoms with Gasteiger partial charge >= 0.3 is 12.2 Å². The molecule has 2 aromatic carbocycles. The van der Waals surface area contributed by atoms with Gasteiger partial charge in [0.1, 0.15) is 17.2 Å². The van der Waals surface area contributed by atoms with E-state index in [0.717, 1.165) is 31.7 Å². The van der Waals surface area contributed by atoms with Crippen LogP contribution in [0, 0.1) is 5.82 Å². The van der Waals surface area contributed by atoms with Crippen LogP contribution in [-0.4, -0.2) is 40.9 Å². The first-order valence-electron chi connectivity index (χ1n) is 13.0. The number of likely N-dealkylation sites (tertiary alicyclic amines) is 1. The van der Waals surface area contributed by atoms with Gasteiger partial charge in [-0.3, -0.25) is 20.1 Å². The van der Waals surface area contributed by atoms with Crippen LogP contribution < -0.4 is 10.2 Å². The van der Waals surface area contributed by atoms with E-state index in [1.165, 1.54) is 30.7 Å². The molecule has 0 bridgehead atoms. The first-order chi connectivity index (χ1) is 17.7. The predicted octanol–water partition coefficient (Wildman–Crippen LogP) is 6.53. The van der Waals surface area contributed by atoms with Crippen molar-refractivity contribution in [2.45, 2.75) is 82.2 Å². The Kier molecular flexibility index (Phi) is 7.00. The summed E-state index contributed by atoms with van der Waals surface area (Å²) in [6.45, 7) is 2.96. The summed E-state index contributed by atoms with van der Waals surface area (Å²) in [5.74, 6) is 0.215. The molecule has 0 unspecified atom stereocenters. The maximum atomic E-state index is 14.2. The monoisotopic (exact) mass is 516 g/mol. The Morgan fingerprint density at radius 2 is 1.84 bits per heavy atom. The van der Waals surface area contributed by atoms with Gasteiger partial charge in [0, 0.05) is 24.8 Å². The van der Waals surface area contributed by atoms with E-state index in [-0.39, 0.29) is 18.1 Å². The molecule has 5 nitrogen and oxygen atoms in total. The molecule has 2 atom stereocenters. The molecule has 1 spiro atoms. The molecule has 2 heterocycles. The van der Waals surface area contributed by atoms with Crippen molar-refractivity contribution in [1.29, 1.82) is 0 Å². The normalized spacial score (nSPS) is 26.7. The van der Waals surface area contributed by atoms with Gasteiger partial charge in [0.2, 0.25) is 0 Å². The number of carbonyl (C=O) groups excluding carboxylic acids is 1. The van der Waals surface area contributed by atoms with E-state index in [0.29, 0.717) is 43.0 Å². The zero-order valence-electron chi connectivity index (χ0n) is 20.9. The van der Waals surface area contributed by atoms with Crippen LogP contribution in [0.5, 0.6) is 0 Å². The highest BCUT2D eigenvalue weighted by atomic mass is 19.4. The zero-order chi connectivity index (χ0) is 26.2. The molecule has 2 aliphatic heterocycles. The fourth-order valence-electron chi connectivity index (χ4n) is 6.10. The highest BCUT2D eigenvalue weighted by molar-refractivity contribution is 6.19. The lowest BCUT2D eigenvalue weighted by atomic mass is 9.81. The molecule has 9 heteroatoms. The van der Waals surface area contributed by atoms with Gasteiger partial charge in [-0.25, -0.2) is 9.18 Å². The average molecular weight is 517 g/mol. The molecule has 1 N–H and O–H groups in total. The number of nitrogens with zero attached hydrogens (tertiary/aromatic N) is 3. The number of carbonyl (C=O) groups is 1. The van der Waals surface area contributed by atoms with Crippen molar-refractivity contribution in [3.05, 3.63) is 65.5 Å². The number of halogens is 4. The molecule has 2 amide bonds. The van der Waals surface area contributed by atoms with Gasteiger partial charge in [0.15, 0.2) is 0 Å². The van der Waals surface area contributed by atoms with Crippen molar-refractivity contribution in [3.63, 3.8) is 0 Å². The van der Waals surface area contributed by atoms with E-state index in [1.54, 1.807) is 23.1 Å². The maximum absolute atomic E-state index is 14.2. The van der Waals surface area contributed by atoms with E-state index in [1.807, 2.05) is 6.92 Å². The lowest BCUT2D eigenvalue weighted by molar-refractivity contribution is -0.137. The minimum Gasteiger partial charge on any atom is -0.296 e. The third-order valence-corrected chi connectivity index (χ3v) is 7.96.